The van der Waals surface area contributed by atoms with E-state index in [1.54, 1.807) is 0 Å². The maximum atomic E-state index is 12.2. The minimum absolute atomic E-state index is 0.186. The summed E-state index contributed by atoms with van der Waals surface area (Å²) >= 11 is 0. The summed E-state index contributed by atoms with van der Waals surface area (Å²) in [6, 6.07) is 10.5. The second kappa shape index (κ2) is 7.74. The molecule has 1 aliphatic heterocycles. The number of rotatable bonds is 6. The predicted molar refractivity (Wildman–Crippen MR) is 98.2 cm³/mol. The summed E-state index contributed by atoms with van der Waals surface area (Å²) in [7, 11) is 0. The fourth-order valence-electron chi connectivity index (χ4n) is 3.20. The zero-order chi connectivity index (χ0) is 17.8. The average Bonchev–Trinajstić information content (AvgIpc) is 2.96. The van der Waals surface area contributed by atoms with Crippen LogP contribution in [-0.2, 0) is 17.8 Å². The fraction of sp³-hybridized carbons (Fsp3) is 0.450. The van der Waals surface area contributed by atoms with Crippen molar-refractivity contribution in [3.8, 4) is 0 Å². The fourth-order valence-corrected chi connectivity index (χ4v) is 3.20. The molecule has 0 spiro atoms. The van der Waals surface area contributed by atoms with Crippen molar-refractivity contribution >= 4 is 5.91 Å². The number of benzene rings is 1. The molecule has 1 aliphatic rings. The smallest absolute Gasteiger partial charge is 0.224 e. The van der Waals surface area contributed by atoms with E-state index < -0.39 is 0 Å². The molecule has 1 aromatic heterocycles. The van der Waals surface area contributed by atoms with Gasteiger partial charge in [0.25, 0.3) is 0 Å². The zero-order valence-corrected chi connectivity index (χ0v) is 15.2. The van der Waals surface area contributed by atoms with Crippen molar-refractivity contribution in [1.82, 2.24) is 20.2 Å². The van der Waals surface area contributed by atoms with Gasteiger partial charge in [0.1, 0.15) is 0 Å². The van der Waals surface area contributed by atoms with E-state index >= 15 is 0 Å². The topological polar surface area (TPSA) is 58.1 Å². The van der Waals surface area contributed by atoms with Crippen LogP contribution >= 0.6 is 0 Å². The minimum Gasteiger partial charge on any atom is -0.341 e. The molecular weight excluding hydrogens is 312 g/mol. The number of hydrogen-bond donors (Lipinski definition) is 1. The summed E-state index contributed by atoms with van der Waals surface area (Å²) in [6.07, 6.45) is 1.47. The number of nitrogens with one attached hydrogen (secondary N) is 1. The molecular formula is C20H26N4O. The Bertz CT molecular complexity index is 745. The van der Waals surface area contributed by atoms with Crippen LogP contribution in [0.2, 0.25) is 0 Å². The Kier molecular flexibility index (Phi) is 5.43. The Hall–Kier alpha value is -2.27. The van der Waals surface area contributed by atoms with Gasteiger partial charge in [0.05, 0.1) is 22.8 Å². The summed E-state index contributed by atoms with van der Waals surface area (Å²) in [6.45, 7) is 8.15. The van der Waals surface area contributed by atoms with Gasteiger partial charge in [-0.25, -0.2) is 0 Å². The average molecular weight is 338 g/mol. The highest BCUT2D eigenvalue weighted by molar-refractivity contribution is 5.79. The highest BCUT2D eigenvalue weighted by atomic mass is 16.2. The largest absolute Gasteiger partial charge is 0.341 e. The molecule has 1 saturated heterocycles. The molecule has 1 amide bonds. The van der Waals surface area contributed by atoms with E-state index in [1.165, 1.54) is 5.56 Å². The summed E-state index contributed by atoms with van der Waals surface area (Å²) < 4.78 is 0. The van der Waals surface area contributed by atoms with Gasteiger partial charge in [0, 0.05) is 32.1 Å². The molecule has 2 aromatic rings. The number of amides is 1. The minimum atomic E-state index is 0.186. The molecule has 0 saturated carbocycles. The van der Waals surface area contributed by atoms with Gasteiger partial charge < -0.3 is 10.2 Å². The third-order valence-corrected chi connectivity index (χ3v) is 4.87. The molecule has 1 aromatic carbocycles. The van der Waals surface area contributed by atoms with Crippen molar-refractivity contribution in [3.05, 3.63) is 58.7 Å². The second-order valence-electron chi connectivity index (χ2n) is 6.78. The molecule has 132 valence electrons. The van der Waals surface area contributed by atoms with Gasteiger partial charge in [-0.15, -0.1) is 0 Å². The number of carbonyl (C=O) groups is 1. The Morgan fingerprint density at radius 1 is 1.08 bits per heavy atom. The predicted octanol–water partition coefficient (Wildman–Crippen LogP) is 2.34. The molecule has 0 bridgehead atoms. The number of aromatic nitrogens is 2. The summed E-state index contributed by atoms with van der Waals surface area (Å²) in [4.78, 5) is 23.4. The maximum Gasteiger partial charge on any atom is 0.224 e. The van der Waals surface area contributed by atoms with E-state index in [-0.39, 0.29) is 11.9 Å². The molecule has 25 heavy (non-hydrogen) atoms. The van der Waals surface area contributed by atoms with Gasteiger partial charge >= 0.3 is 0 Å². The third kappa shape index (κ3) is 4.42. The van der Waals surface area contributed by atoms with Gasteiger partial charge in [-0.2, -0.15) is 0 Å². The normalized spacial score (nSPS) is 17.3. The van der Waals surface area contributed by atoms with E-state index in [4.69, 9.17) is 0 Å². The van der Waals surface area contributed by atoms with Gasteiger partial charge in [-0.3, -0.25) is 14.8 Å². The summed E-state index contributed by atoms with van der Waals surface area (Å²) in [5.41, 5.74) is 5.14. The van der Waals surface area contributed by atoms with Crippen LogP contribution in [0.1, 0.15) is 34.8 Å². The van der Waals surface area contributed by atoms with Crippen LogP contribution in [0, 0.1) is 20.8 Å². The molecule has 1 N–H and O–H groups in total. The number of hydrogen-bond acceptors (Lipinski definition) is 4. The Morgan fingerprint density at radius 3 is 2.56 bits per heavy atom. The highest BCUT2D eigenvalue weighted by Gasteiger charge is 2.28. The quantitative estimate of drug-likeness (QED) is 0.878. The Labute approximate surface area is 149 Å². The zero-order valence-electron chi connectivity index (χ0n) is 15.2. The molecule has 1 atom stereocenters. The Morgan fingerprint density at radius 2 is 1.80 bits per heavy atom. The van der Waals surface area contributed by atoms with Crippen molar-refractivity contribution in [3.63, 3.8) is 0 Å². The first-order valence-electron chi connectivity index (χ1n) is 8.88. The maximum absolute atomic E-state index is 12.2. The van der Waals surface area contributed by atoms with Crippen molar-refractivity contribution in [2.75, 3.05) is 13.1 Å². The first-order valence-corrected chi connectivity index (χ1v) is 8.88. The lowest BCUT2D eigenvalue weighted by molar-refractivity contribution is -0.127. The van der Waals surface area contributed by atoms with Crippen LogP contribution in [0.15, 0.2) is 30.3 Å². The standard InChI is InChI=1S/C20H26N4O/c1-14-15(2)23-19(16(3)22-14)12-21-18-11-20(25)24(13-18)10-9-17-7-5-4-6-8-17/h4-8,18,21H,9-13H2,1-3H3. The first kappa shape index (κ1) is 17.5. The molecule has 0 aliphatic carbocycles. The van der Waals surface area contributed by atoms with Crippen LogP contribution < -0.4 is 5.32 Å². The van der Waals surface area contributed by atoms with Crippen molar-refractivity contribution in [2.24, 2.45) is 0 Å². The number of aryl methyl sites for hydroxylation is 3. The molecule has 5 heteroatoms. The molecule has 2 heterocycles. The molecule has 1 fully saturated rings. The van der Waals surface area contributed by atoms with E-state index in [1.807, 2.05) is 43.9 Å². The monoisotopic (exact) mass is 338 g/mol. The van der Waals surface area contributed by atoms with E-state index in [0.717, 1.165) is 42.3 Å². The van der Waals surface area contributed by atoms with Crippen molar-refractivity contribution in [2.45, 2.75) is 46.2 Å². The number of carbonyl (C=O) groups excluding carboxylic acids is 1. The summed E-state index contributed by atoms with van der Waals surface area (Å²) in [5.74, 6) is 0.233. The van der Waals surface area contributed by atoms with Crippen molar-refractivity contribution in [1.29, 1.82) is 0 Å². The number of nitrogens with zero attached hydrogens (tertiary/aromatic N) is 3. The van der Waals surface area contributed by atoms with Gasteiger partial charge in [0.2, 0.25) is 5.91 Å². The van der Waals surface area contributed by atoms with Crippen LogP contribution in [0.5, 0.6) is 0 Å². The molecule has 1 unspecified atom stereocenters. The van der Waals surface area contributed by atoms with E-state index in [9.17, 15) is 4.79 Å². The second-order valence-corrected chi connectivity index (χ2v) is 6.78. The Balaban J connectivity index is 1.52. The molecule has 3 rings (SSSR count). The lowest BCUT2D eigenvalue weighted by atomic mass is 10.1. The molecule has 5 nitrogen and oxygen atoms in total. The van der Waals surface area contributed by atoms with E-state index in [2.05, 4.69) is 27.4 Å². The van der Waals surface area contributed by atoms with Crippen LogP contribution in [-0.4, -0.2) is 39.9 Å². The summed E-state index contributed by atoms with van der Waals surface area (Å²) in [5, 5.41) is 3.48. The van der Waals surface area contributed by atoms with Gasteiger partial charge in [-0.05, 0) is 32.8 Å². The lowest BCUT2D eigenvalue weighted by Gasteiger charge is -2.17. The van der Waals surface area contributed by atoms with Crippen LogP contribution in [0.4, 0.5) is 0 Å². The lowest BCUT2D eigenvalue weighted by Crippen LogP contribution is -2.33. The van der Waals surface area contributed by atoms with Crippen molar-refractivity contribution < 1.29 is 4.79 Å². The number of likely N-dealkylation sites (tertiary alicyclic amines) is 1. The van der Waals surface area contributed by atoms with Gasteiger partial charge in [0.15, 0.2) is 0 Å². The van der Waals surface area contributed by atoms with Crippen LogP contribution in [0.25, 0.3) is 0 Å². The van der Waals surface area contributed by atoms with Gasteiger partial charge in [-0.1, -0.05) is 30.3 Å². The highest BCUT2D eigenvalue weighted by Crippen LogP contribution is 2.14. The first-order chi connectivity index (χ1) is 12.0. The third-order valence-electron chi connectivity index (χ3n) is 4.87. The van der Waals surface area contributed by atoms with Crippen LogP contribution in [0.3, 0.4) is 0 Å². The SMILES string of the molecule is Cc1nc(C)c(CNC2CC(=O)N(CCc3ccccc3)C2)nc1C. The molecule has 0 radical (unpaired) electrons. The van der Waals surface area contributed by atoms with E-state index in [0.29, 0.717) is 13.0 Å².